The second-order valence-corrected chi connectivity index (χ2v) is 3.48. The third-order valence-corrected chi connectivity index (χ3v) is 1.96. The summed E-state index contributed by atoms with van der Waals surface area (Å²) < 4.78 is 4.89. The standard InChI is InChI=1S/C9H9ClN4O/c1-5-2-8(14-15-5)13-9-7(11)3-6(10)4-12-9/h2-4H,11H2,1H3,(H,12,13,14). The Labute approximate surface area is 91.2 Å². The van der Waals surface area contributed by atoms with Crippen molar-refractivity contribution in [2.75, 3.05) is 11.1 Å². The summed E-state index contributed by atoms with van der Waals surface area (Å²) in [6.07, 6.45) is 1.51. The first-order chi connectivity index (χ1) is 7.15. The van der Waals surface area contributed by atoms with E-state index >= 15 is 0 Å². The molecule has 0 bridgehead atoms. The van der Waals surface area contributed by atoms with E-state index in [1.54, 1.807) is 19.1 Å². The minimum absolute atomic E-state index is 0.461. The first kappa shape index (κ1) is 9.79. The molecule has 0 saturated carbocycles. The molecule has 0 amide bonds. The molecule has 0 aromatic carbocycles. The Hall–Kier alpha value is -1.75. The van der Waals surface area contributed by atoms with Gasteiger partial charge in [0.25, 0.3) is 0 Å². The molecule has 2 rings (SSSR count). The predicted octanol–water partition coefficient (Wildman–Crippen LogP) is 2.36. The topological polar surface area (TPSA) is 77.0 Å². The summed E-state index contributed by atoms with van der Waals surface area (Å²) in [5, 5.41) is 7.18. The van der Waals surface area contributed by atoms with E-state index in [1.165, 1.54) is 6.20 Å². The van der Waals surface area contributed by atoms with Gasteiger partial charge in [-0.1, -0.05) is 16.8 Å². The fourth-order valence-electron chi connectivity index (χ4n) is 1.11. The summed E-state index contributed by atoms with van der Waals surface area (Å²) in [4.78, 5) is 4.03. The molecule has 0 aliphatic heterocycles. The number of halogens is 1. The van der Waals surface area contributed by atoms with E-state index in [0.29, 0.717) is 28.1 Å². The molecule has 0 fully saturated rings. The highest BCUT2D eigenvalue weighted by Gasteiger charge is 2.05. The lowest BCUT2D eigenvalue weighted by molar-refractivity contribution is 0.400. The number of rotatable bonds is 2. The Morgan fingerprint density at radius 1 is 1.47 bits per heavy atom. The molecule has 5 nitrogen and oxygen atoms in total. The fourth-order valence-corrected chi connectivity index (χ4v) is 1.27. The number of hydrogen-bond donors (Lipinski definition) is 2. The summed E-state index contributed by atoms with van der Waals surface area (Å²) in [6, 6.07) is 3.36. The van der Waals surface area contributed by atoms with Gasteiger partial charge in [0.15, 0.2) is 11.6 Å². The zero-order valence-electron chi connectivity index (χ0n) is 7.99. The van der Waals surface area contributed by atoms with Crippen LogP contribution in [0.2, 0.25) is 5.02 Å². The van der Waals surface area contributed by atoms with E-state index in [2.05, 4.69) is 15.5 Å². The maximum absolute atomic E-state index is 5.72. The van der Waals surface area contributed by atoms with E-state index in [4.69, 9.17) is 21.9 Å². The maximum atomic E-state index is 5.72. The molecular formula is C9H9ClN4O. The first-order valence-electron chi connectivity index (χ1n) is 4.26. The minimum atomic E-state index is 0.461. The van der Waals surface area contributed by atoms with Crippen LogP contribution in [0.1, 0.15) is 5.76 Å². The van der Waals surface area contributed by atoms with Crippen LogP contribution in [0.15, 0.2) is 22.9 Å². The van der Waals surface area contributed by atoms with Crippen LogP contribution >= 0.6 is 11.6 Å². The van der Waals surface area contributed by atoms with E-state index in [1.807, 2.05) is 0 Å². The number of anilines is 3. The van der Waals surface area contributed by atoms with E-state index in [9.17, 15) is 0 Å². The van der Waals surface area contributed by atoms with Gasteiger partial charge in [-0.15, -0.1) is 0 Å². The molecule has 0 radical (unpaired) electrons. The van der Waals surface area contributed by atoms with Gasteiger partial charge in [-0.05, 0) is 13.0 Å². The van der Waals surface area contributed by atoms with Crippen molar-refractivity contribution < 1.29 is 4.52 Å². The molecular weight excluding hydrogens is 216 g/mol. The van der Waals surface area contributed by atoms with Crippen molar-refractivity contribution in [3.63, 3.8) is 0 Å². The molecule has 0 atom stereocenters. The second-order valence-electron chi connectivity index (χ2n) is 3.04. The van der Waals surface area contributed by atoms with Crippen molar-refractivity contribution in [1.29, 1.82) is 0 Å². The van der Waals surface area contributed by atoms with Gasteiger partial charge in [0, 0.05) is 12.3 Å². The summed E-state index contributed by atoms with van der Waals surface area (Å²) in [6.45, 7) is 1.80. The van der Waals surface area contributed by atoms with Crippen LogP contribution in [0, 0.1) is 6.92 Å². The molecule has 3 N–H and O–H groups in total. The van der Waals surface area contributed by atoms with Gasteiger partial charge in [-0.25, -0.2) is 4.98 Å². The lowest BCUT2D eigenvalue weighted by Crippen LogP contribution is -1.98. The van der Waals surface area contributed by atoms with Crippen LogP contribution in [-0.2, 0) is 0 Å². The van der Waals surface area contributed by atoms with Crippen LogP contribution in [0.3, 0.4) is 0 Å². The number of nitrogen functional groups attached to an aromatic ring is 1. The third kappa shape index (κ3) is 2.19. The van der Waals surface area contributed by atoms with Gasteiger partial charge in [-0.3, -0.25) is 0 Å². The van der Waals surface area contributed by atoms with Crippen LogP contribution < -0.4 is 11.1 Å². The summed E-state index contributed by atoms with van der Waals surface area (Å²) >= 11 is 5.72. The summed E-state index contributed by atoms with van der Waals surface area (Å²) in [5.41, 5.74) is 6.17. The number of nitrogens with two attached hydrogens (primary N) is 1. The van der Waals surface area contributed by atoms with Gasteiger partial charge in [0.2, 0.25) is 0 Å². The maximum Gasteiger partial charge on any atom is 0.175 e. The van der Waals surface area contributed by atoms with Crippen molar-refractivity contribution in [2.45, 2.75) is 6.92 Å². The van der Waals surface area contributed by atoms with Crippen LogP contribution in [0.5, 0.6) is 0 Å². The number of aromatic nitrogens is 2. The Kier molecular flexibility index (Phi) is 2.47. The molecule has 2 heterocycles. The summed E-state index contributed by atoms with van der Waals surface area (Å²) in [5.74, 6) is 1.78. The molecule has 0 saturated heterocycles. The fraction of sp³-hybridized carbons (Fsp3) is 0.111. The van der Waals surface area contributed by atoms with Gasteiger partial charge >= 0.3 is 0 Å². The molecule has 0 aliphatic rings. The van der Waals surface area contributed by atoms with Gasteiger partial charge < -0.3 is 15.6 Å². The molecule has 0 spiro atoms. The molecule has 2 aromatic rings. The van der Waals surface area contributed by atoms with Crippen molar-refractivity contribution in [3.8, 4) is 0 Å². The zero-order valence-corrected chi connectivity index (χ0v) is 8.75. The molecule has 0 aliphatic carbocycles. The molecule has 78 valence electrons. The lowest BCUT2D eigenvalue weighted by atomic mass is 10.4. The molecule has 15 heavy (non-hydrogen) atoms. The third-order valence-electron chi connectivity index (χ3n) is 1.76. The smallest absolute Gasteiger partial charge is 0.175 e. The molecule has 6 heteroatoms. The average Bonchev–Trinajstić information content (AvgIpc) is 2.56. The Balaban J connectivity index is 2.24. The van der Waals surface area contributed by atoms with E-state index in [0.717, 1.165) is 0 Å². The van der Waals surface area contributed by atoms with Crippen LogP contribution in [0.25, 0.3) is 0 Å². The normalized spacial score (nSPS) is 10.3. The highest BCUT2D eigenvalue weighted by molar-refractivity contribution is 6.30. The molecule has 0 unspecified atom stereocenters. The summed E-state index contributed by atoms with van der Waals surface area (Å²) in [7, 11) is 0. The van der Waals surface area contributed by atoms with E-state index in [-0.39, 0.29) is 0 Å². The Morgan fingerprint density at radius 2 is 2.27 bits per heavy atom. The Morgan fingerprint density at radius 3 is 2.87 bits per heavy atom. The van der Waals surface area contributed by atoms with Crippen LogP contribution in [-0.4, -0.2) is 10.1 Å². The van der Waals surface area contributed by atoms with Crippen molar-refractivity contribution in [3.05, 3.63) is 29.1 Å². The number of hydrogen-bond acceptors (Lipinski definition) is 5. The Bertz CT molecular complexity index is 483. The number of nitrogens with zero attached hydrogens (tertiary/aromatic N) is 2. The van der Waals surface area contributed by atoms with Gasteiger partial charge in [0.1, 0.15) is 5.76 Å². The van der Waals surface area contributed by atoms with Crippen molar-refractivity contribution >= 4 is 28.9 Å². The van der Waals surface area contributed by atoms with Gasteiger partial charge in [-0.2, -0.15) is 0 Å². The highest BCUT2D eigenvalue weighted by Crippen LogP contribution is 2.22. The SMILES string of the molecule is Cc1cc(Nc2ncc(Cl)cc2N)no1. The quantitative estimate of drug-likeness (QED) is 0.819. The lowest BCUT2D eigenvalue weighted by Gasteiger charge is -2.04. The zero-order chi connectivity index (χ0) is 10.8. The van der Waals surface area contributed by atoms with Crippen molar-refractivity contribution in [1.82, 2.24) is 10.1 Å². The van der Waals surface area contributed by atoms with E-state index < -0.39 is 0 Å². The average molecular weight is 225 g/mol. The minimum Gasteiger partial charge on any atom is -0.396 e. The first-order valence-corrected chi connectivity index (χ1v) is 4.64. The number of nitrogens with one attached hydrogen (secondary N) is 1. The number of aryl methyl sites for hydroxylation is 1. The van der Waals surface area contributed by atoms with Gasteiger partial charge in [0.05, 0.1) is 10.7 Å². The van der Waals surface area contributed by atoms with Crippen molar-refractivity contribution in [2.24, 2.45) is 0 Å². The van der Waals surface area contributed by atoms with Crippen LogP contribution in [0.4, 0.5) is 17.3 Å². The molecule has 2 aromatic heterocycles. The number of pyridine rings is 1. The predicted molar refractivity (Wildman–Crippen MR) is 58.2 cm³/mol. The second kappa shape index (κ2) is 3.78. The highest BCUT2D eigenvalue weighted by atomic mass is 35.5. The monoisotopic (exact) mass is 224 g/mol. The largest absolute Gasteiger partial charge is 0.396 e.